The van der Waals surface area contributed by atoms with Crippen molar-refractivity contribution >= 4 is 29.3 Å². The van der Waals surface area contributed by atoms with Gasteiger partial charge in [-0.05, 0) is 25.3 Å². The molecule has 0 saturated heterocycles. The normalized spacial score (nSPS) is 11.6. The number of ether oxygens (including phenoxy) is 2. The molecule has 1 N–H and O–H groups in total. The van der Waals surface area contributed by atoms with Gasteiger partial charge in [-0.15, -0.1) is 11.8 Å². The molecule has 23 heavy (non-hydrogen) atoms. The summed E-state index contributed by atoms with van der Waals surface area (Å²) in [6.45, 7) is 2.06. The molecule has 9 heteroatoms. The van der Waals surface area contributed by atoms with Crippen LogP contribution in [0.2, 0.25) is 0 Å². The fraction of sp³-hybridized carbons (Fsp3) is 0.429. The largest absolute Gasteiger partial charge is 0.449 e. The zero-order valence-electron chi connectivity index (χ0n) is 13.0. The molecule has 1 aromatic rings. The van der Waals surface area contributed by atoms with E-state index in [0.717, 1.165) is 6.07 Å². The summed E-state index contributed by atoms with van der Waals surface area (Å²) in [4.78, 5) is 34.6. The van der Waals surface area contributed by atoms with Crippen molar-refractivity contribution in [2.75, 3.05) is 26.5 Å². The van der Waals surface area contributed by atoms with E-state index in [0.29, 0.717) is 18.0 Å². The van der Waals surface area contributed by atoms with Crippen molar-refractivity contribution in [1.82, 2.24) is 5.32 Å². The Morgan fingerprint density at radius 2 is 2.13 bits per heavy atom. The number of amides is 1. The molecule has 1 rings (SSSR count). The van der Waals surface area contributed by atoms with Crippen molar-refractivity contribution in [3.8, 4) is 0 Å². The Morgan fingerprint density at radius 3 is 2.70 bits per heavy atom. The molecule has 0 aliphatic rings. The fourth-order valence-electron chi connectivity index (χ4n) is 1.66. The summed E-state index contributed by atoms with van der Waals surface area (Å²) in [5, 5.41) is 13.5. The molecule has 0 bridgehead atoms. The second-order valence-corrected chi connectivity index (χ2v) is 5.32. The second-order valence-electron chi connectivity index (χ2n) is 4.48. The topological polar surface area (TPSA) is 108 Å². The molecule has 0 saturated carbocycles. The second kappa shape index (κ2) is 9.11. The molecule has 0 heterocycles. The Bertz CT molecular complexity index is 593. The first-order chi connectivity index (χ1) is 10.9. The molecule has 0 aliphatic carbocycles. The molecule has 8 nitrogen and oxygen atoms in total. The minimum Gasteiger partial charge on any atom is -0.449 e. The summed E-state index contributed by atoms with van der Waals surface area (Å²) in [7, 11) is 1.50. The third-order valence-electron chi connectivity index (χ3n) is 2.87. The highest BCUT2D eigenvalue weighted by Crippen LogP contribution is 2.28. The summed E-state index contributed by atoms with van der Waals surface area (Å²) >= 11 is 1.20. The van der Waals surface area contributed by atoms with Crippen LogP contribution in [0.15, 0.2) is 23.1 Å². The van der Waals surface area contributed by atoms with Gasteiger partial charge in [-0.1, -0.05) is 0 Å². The Hall–Kier alpha value is -2.13. The average molecular weight is 342 g/mol. The maximum Gasteiger partial charge on any atom is 0.339 e. The van der Waals surface area contributed by atoms with E-state index >= 15 is 0 Å². The van der Waals surface area contributed by atoms with Crippen LogP contribution >= 0.6 is 11.8 Å². The lowest BCUT2D eigenvalue weighted by molar-refractivity contribution is -0.387. The third-order valence-corrected chi connectivity index (χ3v) is 3.65. The van der Waals surface area contributed by atoms with Gasteiger partial charge in [0.2, 0.25) is 0 Å². The lowest BCUT2D eigenvalue weighted by atomic mass is 10.2. The van der Waals surface area contributed by atoms with E-state index in [9.17, 15) is 19.7 Å². The van der Waals surface area contributed by atoms with Crippen molar-refractivity contribution in [2.45, 2.75) is 17.9 Å². The van der Waals surface area contributed by atoms with E-state index in [4.69, 9.17) is 9.47 Å². The minimum absolute atomic E-state index is 0.0195. The number of rotatable bonds is 8. The number of benzene rings is 1. The van der Waals surface area contributed by atoms with Gasteiger partial charge in [0.15, 0.2) is 6.10 Å². The van der Waals surface area contributed by atoms with Crippen molar-refractivity contribution in [1.29, 1.82) is 0 Å². The van der Waals surface area contributed by atoms with Gasteiger partial charge in [-0.25, -0.2) is 4.79 Å². The number of methoxy groups -OCH3 is 1. The molecule has 126 valence electrons. The molecule has 0 unspecified atom stereocenters. The zero-order chi connectivity index (χ0) is 17.4. The summed E-state index contributed by atoms with van der Waals surface area (Å²) < 4.78 is 9.81. The SMILES string of the molecule is COCCNC(=O)[C@@H](C)OC(=O)c1ccc(SC)c([N+](=O)[O-])c1. The number of hydrogen-bond acceptors (Lipinski definition) is 7. The Labute approximate surface area is 137 Å². The maximum absolute atomic E-state index is 12.0. The molecule has 0 aliphatic heterocycles. The van der Waals surface area contributed by atoms with E-state index in [1.807, 2.05) is 0 Å². The monoisotopic (exact) mass is 342 g/mol. The predicted molar refractivity (Wildman–Crippen MR) is 84.6 cm³/mol. The highest BCUT2D eigenvalue weighted by atomic mass is 32.2. The van der Waals surface area contributed by atoms with Crippen molar-refractivity contribution in [3.05, 3.63) is 33.9 Å². The maximum atomic E-state index is 12.0. The van der Waals surface area contributed by atoms with Crippen molar-refractivity contribution < 1.29 is 24.0 Å². The molecule has 0 spiro atoms. The van der Waals surface area contributed by atoms with E-state index in [1.54, 1.807) is 6.26 Å². The van der Waals surface area contributed by atoms with Crippen LogP contribution in [0.1, 0.15) is 17.3 Å². The molecular formula is C14H18N2O6S. The summed E-state index contributed by atoms with van der Waals surface area (Å²) in [6, 6.07) is 4.04. The Morgan fingerprint density at radius 1 is 1.43 bits per heavy atom. The van der Waals surface area contributed by atoms with Gasteiger partial charge in [-0.3, -0.25) is 14.9 Å². The van der Waals surface area contributed by atoms with Crippen LogP contribution < -0.4 is 5.32 Å². The van der Waals surface area contributed by atoms with Crippen LogP contribution in [0.4, 0.5) is 5.69 Å². The van der Waals surface area contributed by atoms with Crippen LogP contribution in [-0.2, 0) is 14.3 Å². The smallest absolute Gasteiger partial charge is 0.339 e. The van der Waals surface area contributed by atoms with E-state index in [1.165, 1.54) is 37.9 Å². The van der Waals surface area contributed by atoms with E-state index in [-0.39, 0.29) is 11.3 Å². The zero-order valence-corrected chi connectivity index (χ0v) is 13.8. The highest BCUT2D eigenvalue weighted by molar-refractivity contribution is 7.98. The molecular weight excluding hydrogens is 324 g/mol. The number of thioether (sulfide) groups is 1. The first-order valence-corrected chi connectivity index (χ1v) is 7.93. The molecule has 0 radical (unpaired) electrons. The lowest BCUT2D eigenvalue weighted by Gasteiger charge is -2.13. The standard InChI is InChI=1S/C14H18N2O6S/c1-9(13(17)15-6-7-21-2)22-14(18)10-4-5-12(23-3)11(8-10)16(19)20/h4-5,8-9H,6-7H2,1-3H3,(H,15,17)/t9-/m1/s1. The third kappa shape index (κ3) is 5.53. The van der Waals surface area contributed by atoms with Gasteiger partial charge in [0.05, 0.1) is 22.0 Å². The number of nitro benzene ring substituents is 1. The quantitative estimate of drug-likeness (QED) is 0.251. The van der Waals surface area contributed by atoms with E-state index in [2.05, 4.69) is 5.32 Å². The predicted octanol–water partition coefficient (Wildman–Crippen LogP) is 1.62. The van der Waals surface area contributed by atoms with Crippen LogP contribution in [0.25, 0.3) is 0 Å². The number of hydrogen-bond donors (Lipinski definition) is 1. The Kier molecular flexibility index (Phi) is 7.49. The number of esters is 1. The van der Waals surface area contributed by atoms with Crippen LogP contribution in [0, 0.1) is 10.1 Å². The number of nitro groups is 1. The molecule has 0 aromatic heterocycles. The lowest BCUT2D eigenvalue weighted by Crippen LogP contribution is -2.37. The van der Waals surface area contributed by atoms with Crippen molar-refractivity contribution in [3.63, 3.8) is 0 Å². The van der Waals surface area contributed by atoms with Crippen molar-refractivity contribution in [2.24, 2.45) is 0 Å². The number of carbonyl (C=O) groups is 2. The van der Waals surface area contributed by atoms with Gasteiger partial charge in [0.25, 0.3) is 11.6 Å². The van der Waals surface area contributed by atoms with Gasteiger partial charge in [0, 0.05) is 19.7 Å². The number of nitrogens with one attached hydrogen (secondary N) is 1. The summed E-state index contributed by atoms with van der Waals surface area (Å²) in [5.41, 5.74) is -0.157. The van der Waals surface area contributed by atoms with Gasteiger partial charge < -0.3 is 14.8 Å². The first-order valence-electron chi connectivity index (χ1n) is 6.70. The van der Waals surface area contributed by atoms with Crippen LogP contribution in [0.5, 0.6) is 0 Å². The molecule has 1 amide bonds. The minimum atomic E-state index is -1.02. The fourth-order valence-corrected chi connectivity index (χ4v) is 2.21. The van der Waals surface area contributed by atoms with Gasteiger partial charge in [-0.2, -0.15) is 0 Å². The molecule has 1 aromatic carbocycles. The molecule has 1 atom stereocenters. The van der Waals surface area contributed by atoms with Gasteiger partial charge in [0.1, 0.15) is 0 Å². The van der Waals surface area contributed by atoms with Gasteiger partial charge >= 0.3 is 5.97 Å². The Balaban J connectivity index is 2.76. The molecule has 0 fully saturated rings. The average Bonchev–Trinajstić information content (AvgIpc) is 2.53. The number of nitrogens with zero attached hydrogens (tertiary/aromatic N) is 1. The first kappa shape index (κ1) is 18.9. The summed E-state index contributed by atoms with van der Waals surface area (Å²) in [5.74, 6) is -1.26. The highest BCUT2D eigenvalue weighted by Gasteiger charge is 2.21. The van der Waals surface area contributed by atoms with Crippen LogP contribution in [0.3, 0.4) is 0 Å². The van der Waals surface area contributed by atoms with E-state index < -0.39 is 22.9 Å². The van der Waals surface area contributed by atoms with Crippen LogP contribution in [-0.4, -0.2) is 49.4 Å². The number of carbonyl (C=O) groups excluding carboxylic acids is 2. The summed E-state index contributed by atoms with van der Waals surface area (Å²) in [6.07, 6.45) is 0.686.